The smallest absolute Gasteiger partial charge is 0.239 e. The van der Waals surface area contributed by atoms with Gasteiger partial charge >= 0.3 is 0 Å². The van der Waals surface area contributed by atoms with Crippen LogP contribution in [-0.2, 0) is 4.79 Å². The van der Waals surface area contributed by atoms with E-state index in [9.17, 15) is 4.79 Å². The van der Waals surface area contributed by atoms with Crippen LogP contribution in [0.2, 0.25) is 0 Å². The number of nitrogens with one attached hydrogen (secondary N) is 1. The van der Waals surface area contributed by atoms with E-state index in [0.717, 1.165) is 11.3 Å². The Morgan fingerprint density at radius 3 is 2.82 bits per heavy atom. The summed E-state index contributed by atoms with van der Waals surface area (Å²) in [6.45, 7) is 5.23. The molecule has 0 radical (unpaired) electrons. The molecule has 0 aliphatic heterocycles. The molecule has 6 nitrogen and oxygen atoms in total. The van der Waals surface area contributed by atoms with Crippen LogP contribution in [0.25, 0.3) is 0 Å². The van der Waals surface area contributed by atoms with Crippen LogP contribution in [0.3, 0.4) is 0 Å². The van der Waals surface area contributed by atoms with Gasteiger partial charge in [0.2, 0.25) is 5.91 Å². The Morgan fingerprint density at radius 2 is 2.14 bits per heavy atom. The maximum absolute atomic E-state index is 11.8. The predicted octanol–water partition coefficient (Wildman–Crippen LogP) is 2.24. The van der Waals surface area contributed by atoms with Crippen molar-refractivity contribution in [3.63, 3.8) is 0 Å². The molecule has 2 rings (SSSR count). The van der Waals surface area contributed by atoms with Crippen LogP contribution in [0.1, 0.15) is 11.3 Å². The number of nitrogens with zero attached hydrogens (tertiary/aromatic N) is 2. The van der Waals surface area contributed by atoms with Gasteiger partial charge in [0.25, 0.3) is 0 Å². The molecule has 1 aromatic heterocycles. The van der Waals surface area contributed by atoms with Gasteiger partial charge in [-0.1, -0.05) is 23.4 Å². The number of benzene rings is 1. The molecule has 0 unspecified atom stereocenters. The molecular formula is C16H21N3O3. The van der Waals surface area contributed by atoms with E-state index < -0.39 is 0 Å². The zero-order valence-electron chi connectivity index (χ0n) is 13.1. The number of carbonyl (C=O) groups is 1. The lowest BCUT2D eigenvalue weighted by Crippen LogP contribution is -2.33. The van der Waals surface area contributed by atoms with Crippen LogP contribution in [0.5, 0.6) is 5.75 Å². The van der Waals surface area contributed by atoms with Crippen molar-refractivity contribution in [2.24, 2.45) is 0 Å². The van der Waals surface area contributed by atoms with Gasteiger partial charge in [-0.3, -0.25) is 9.69 Å². The number of rotatable bonds is 7. The fraction of sp³-hybridized carbons (Fsp3) is 0.375. The van der Waals surface area contributed by atoms with Crippen molar-refractivity contribution in [3.05, 3.63) is 41.7 Å². The number of aromatic nitrogens is 1. The lowest BCUT2D eigenvalue weighted by Gasteiger charge is -2.16. The van der Waals surface area contributed by atoms with Crippen molar-refractivity contribution in [2.75, 3.05) is 32.1 Å². The van der Waals surface area contributed by atoms with E-state index in [0.29, 0.717) is 24.7 Å². The first-order valence-electron chi connectivity index (χ1n) is 7.15. The highest BCUT2D eigenvalue weighted by Crippen LogP contribution is 2.15. The first kappa shape index (κ1) is 16.0. The summed E-state index contributed by atoms with van der Waals surface area (Å²) in [7, 11) is 1.87. The SMILES string of the molecule is Cc1cc(NC(=O)CN(C)CCOc2ccccc2C)no1. The van der Waals surface area contributed by atoms with Crippen molar-refractivity contribution in [2.45, 2.75) is 13.8 Å². The molecule has 0 saturated heterocycles. The number of amides is 1. The molecule has 0 spiro atoms. The summed E-state index contributed by atoms with van der Waals surface area (Å²) in [5, 5.41) is 6.41. The first-order chi connectivity index (χ1) is 10.5. The fourth-order valence-corrected chi connectivity index (χ4v) is 1.96. The Kier molecular flexibility index (Phi) is 5.55. The zero-order chi connectivity index (χ0) is 15.9. The minimum absolute atomic E-state index is 0.133. The third-order valence-electron chi connectivity index (χ3n) is 3.13. The average molecular weight is 303 g/mol. The Bertz CT molecular complexity index is 625. The van der Waals surface area contributed by atoms with Gasteiger partial charge in [-0.2, -0.15) is 0 Å². The second-order valence-electron chi connectivity index (χ2n) is 5.22. The first-order valence-corrected chi connectivity index (χ1v) is 7.15. The molecule has 1 aromatic carbocycles. The minimum Gasteiger partial charge on any atom is -0.492 e. The van der Waals surface area contributed by atoms with Gasteiger partial charge < -0.3 is 14.6 Å². The van der Waals surface area contributed by atoms with Gasteiger partial charge in [-0.05, 0) is 32.5 Å². The molecule has 1 amide bonds. The summed E-state index contributed by atoms with van der Waals surface area (Å²) in [6.07, 6.45) is 0. The van der Waals surface area contributed by atoms with Crippen LogP contribution < -0.4 is 10.1 Å². The van der Waals surface area contributed by atoms with Gasteiger partial charge in [0.05, 0.1) is 6.54 Å². The molecule has 0 fully saturated rings. The highest BCUT2D eigenvalue weighted by molar-refractivity contribution is 5.91. The molecule has 1 heterocycles. The van der Waals surface area contributed by atoms with Crippen LogP contribution in [0.4, 0.5) is 5.82 Å². The summed E-state index contributed by atoms with van der Waals surface area (Å²) in [5.41, 5.74) is 1.10. The standard InChI is InChI=1S/C16H21N3O3/c1-12-6-4-5-7-14(12)21-9-8-19(3)11-16(20)17-15-10-13(2)22-18-15/h4-7,10H,8-9,11H2,1-3H3,(H,17,18,20). The zero-order valence-corrected chi connectivity index (χ0v) is 13.1. The number of ether oxygens (including phenoxy) is 1. The summed E-state index contributed by atoms with van der Waals surface area (Å²) in [5.74, 6) is 1.84. The van der Waals surface area contributed by atoms with Crippen molar-refractivity contribution >= 4 is 11.7 Å². The normalized spacial score (nSPS) is 10.7. The Morgan fingerprint density at radius 1 is 1.36 bits per heavy atom. The lowest BCUT2D eigenvalue weighted by atomic mass is 10.2. The van der Waals surface area contributed by atoms with Crippen LogP contribution in [-0.4, -0.2) is 42.7 Å². The molecule has 0 aliphatic rings. The van der Waals surface area contributed by atoms with E-state index in [-0.39, 0.29) is 12.5 Å². The van der Waals surface area contributed by atoms with Crippen LogP contribution in [0.15, 0.2) is 34.9 Å². The van der Waals surface area contributed by atoms with Crippen molar-refractivity contribution in [1.82, 2.24) is 10.1 Å². The van der Waals surface area contributed by atoms with Gasteiger partial charge in [0.1, 0.15) is 18.1 Å². The highest BCUT2D eigenvalue weighted by atomic mass is 16.5. The Balaban J connectivity index is 1.70. The number of aryl methyl sites for hydroxylation is 2. The second-order valence-corrected chi connectivity index (χ2v) is 5.22. The topological polar surface area (TPSA) is 67.6 Å². The summed E-state index contributed by atoms with van der Waals surface area (Å²) in [6, 6.07) is 9.55. The van der Waals surface area contributed by atoms with Gasteiger partial charge in [-0.15, -0.1) is 0 Å². The van der Waals surface area contributed by atoms with Crippen LogP contribution >= 0.6 is 0 Å². The summed E-state index contributed by atoms with van der Waals surface area (Å²) >= 11 is 0. The fourth-order valence-electron chi connectivity index (χ4n) is 1.96. The summed E-state index contributed by atoms with van der Waals surface area (Å²) in [4.78, 5) is 13.7. The largest absolute Gasteiger partial charge is 0.492 e. The molecule has 1 N–H and O–H groups in total. The Hall–Kier alpha value is -2.34. The second kappa shape index (κ2) is 7.61. The molecule has 118 valence electrons. The van der Waals surface area contributed by atoms with E-state index in [1.165, 1.54) is 0 Å². The van der Waals surface area contributed by atoms with E-state index in [1.807, 2.05) is 43.1 Å². The number of hydrogen-bond acceptors (Lipinski definition) is 5. The molecule has 0 atom stereocenters. The molecule has 0 saturated carbocycles. The van der Waals surface area contributed by atoms with E-state index in [4.69, 9.17) is 9.26 Å². The molecule has 6 heteroatoms. The van der Waals surface area contributed by atoms with Crippen LogP contribution in [0, 0.1) is 13.8 Å². The van der Waals surface area contributed by atoms with Gasteiger partial charge in [0.15, 0.2) is 5.82 Å². The molecule has 2 aromatic rings. The number of hydrogen-bond donors (Lipinski definition) is 1. The monoisotopic (exact) mass is 303 g/mol. The predicted molar refractivity (Wildman–Crippen MR) is 84.0 cm³/mol. The third-order valence-corrected chi connectivity index (χ3v) is 3.13. The molecular weight excluding hydrogens is 282 g/mol. The van der Waals surface area contributed by atoms with Gasteiger partial charge in [-0.25, -0.2) is 0 Å². The third kappa shape index (κ3) is 4.89. The molecule has 0 aliphatic carbocycles. The van der Waals surface area contributed by atoms with E-state index in [1.54, 1.807) is 13.0 Å². The van der Waals surface area contributed by atoms with Crippen molar-refractivity contribution in [3.8, 4) is 5.75 Å². The number of likely N-dealkylation sites (N-methyl/N-ethyl adjacent to an activating group) is 1. The summed E-state index contributed by atoms with van der Waals surface area (Å²) < 4.78 is 10.6. The number of para-hydroxylation sites is 1. The van der Waals surface area contributed by atoms with Crippen molar-refractivity contribution < 1.29 is 14.1 Å². The number of anilines is 1. The maximum atomic E-state index is 11.8. The quantitative estimate of drug-likeness (QED) is 0.849. The number of carbonyl (C=O) groups excluding carboxylic acids is 1. The van der Waals surface area contributed by atoms with Gasteiger partial charge in [0, 0.05) is 12.6 Å². The minimum atomic E-state index is -0.133. The molecule has 22 heavy (non-hydrogen) atoms. The van der Waals surface area contributed by atoms with Crippen molar-refractivity contribution in [1.29, 1.82) is 0 Å². The molecule has 0 bridgehead atoms. The Labute approximate surface area is 130 Å². The lowest BCUT2D eigenvalue weighted by molar-refractivity contribution is -0.117. The van der Waals surface area contributed by atoms with E-state index >= 15 is 0 Å². The highest BCUT2D eigenvalue weighted by Gasteiger charge is 2.09. The average Bonchev–Trinajstić information content (AvgIpc) is 2.86. The van der Waals surface area contributed by atoms with E-state index in [2.05, 4.69) is 10.5 Å². The maximum Gasteiger partial charge on any atom is 0.239 e.